The number of ether oxygens (including phenoxy) is 1. The highest BCUT2D eigenvalue weighted by Crippen LogP contribution is 1.84. The lowest BCUT2D eigenvalue weighted by molar-refractivity contribution is -0.148. The molecule has 0 spiro atoms. The van der Waals surface area contributed by atoms with E-state index in [1.807, 2.05) is 0 Å². The predicted molar refractivity (Wildman–Crippen MR) is 31.4 cm³/mol. The van der Waals surface area contributed by atoms with Gasteiger partial charge < -0.3 is 15.3 Å². The van der Waals surface area contributed by atoms with Gasteiger partial charge in [-0.2, -0.15) is 5.26 Å². The quantitative estimate of drug-likeness (QED) is 0.302. The Bertz CT molecular complexity index is 172. The Morgan fingerprint density at radius 2 is 2.60 bits per heavy atom. The molecule has 0 saturated heterocycles. The Morgan fingerprint density at radius 1 is 2.00 bits per heavy atom. The minimum Gasteiger partial charge on any atom is -0.457 e. The fourth-order valence-electron chi connectivity index (χ4n) is 0.255. The fraction of sp³-hybridized carbons (Fsp3) is 0.400. The van der Waals surface area contributed by atoms with Crippen molar-refractivity contribution < 1.29 is 14.6 Å². The molecule has 0 amide bonds. The van der Waals surface area contributed by atoms with E-state index in [0.29, 0.717) is 0 Å². The molecule has 0 aliphatic rings. The zero-order chi connectivity index (χ0) is 7.98. The Kier molecular flexibility index (Phi) is 3.84. The molecule has 5 heteroatoms. The van der Waals surface area contributed by atoms with E-state index < -0.39 is 12.1 Å². The lowest BCUT2D eigenvalue weighted by atomic mass is 10.4. The molecular weight excluding hydrogens is 136 g/mol. The summed E-state index contributed by atoms with van der Waals surface area (Å²) in [6.45, 7) is -0.211. The normalized spacial score (nSPS) is 11.2. The first-order valence-electron chi connectivity index (χ1n) is 2.45. The summed E-state index contributed by atoms with van der Waals surface area (Å²) in [5.41, 5.74) is 0. The van der Waals surface area contributed by atoms with Crippen molar-refractivity contribution in [3.8, 4) is 6.07 Å². The number of rotatable bonds is 3. The number of hydrogen-bond donors (Lipinski definition) is 2. The number of aliphatic hydroxyl groups is 1. The van der Waals surface area contributed by atoms with Crippen molar-refractivity contribution in [2.24, 2.45) is 0 Å². The van der Waals surface area contributed by atoms with Gasteiger partial charge in [-0.05, 0) is 0 Å². The molecular formula is C5H6N2O3. The zero-order valence-corrected chi connectivity index (χ0v) is 5.07. The lowest BCUT2D eigenvalue weighted by Gasteiger charge is -1.99. The molecule has 0 aromatic carbocycles. The van der Waals surface area contributed by atoms with Crippen LogP contribution in [0.4, 0.5) is 0 Å². The third kappa shape index (κ3) is 2.79. The minimum absolute atomic E-state index is 0.211. The van der Waals surface area contributed by atoms with Crippen molar-refractivity contribution in [1.82, 2.24) is 0 Å². The van der Waals surface area contributed by atoms with Crippen LogP contribution in [0.25, 0.3) is 0 Å². The van der Waals surface area contributed by atoms with Gasteiger partial charge in [0.2, 0.25) is 6.10 Å². The van der Waals surface area contributed by atoms with Crippen molar-refractivity contribution in [3.05, 3.63) is 0 Å². The molecule has 0 radical (unpaired) electrons. The van der Waals surface area contributed by atoms with Crippen molar-refractivity contribution >= 4 is 12.2 Å². The third-order valence-electron chi connectivity index (χ3n) is 0.654. The number of nitrogens with zero attached hydrogens (tertiary/aromatic N) is 1. The Balaban J connectivity index is 3.64. The van der Waals surface area contributed by atoms with Crippen LogP contribution in [-0.4, -0.2) is 30.0 Å². The van der Waals surface area contributed by atoms with Crippen LogP contribution in [0.3, 0.4) is 0 Å². The van der Waals surface area contributed by atoms with Crippen molar-refractivity contribution in [2.45, 2.75) is 6.10 Å². The van der Waals surface area contributed by atoms with Crippen LogP contribution >= 0.6 is 0 Å². The molecule has 0 bridgehead atoms. The summed E-state index contributed by atoms with van der Waals surface area (Å²) in [4.78, 5) is 10.3. The van der Waals surface area contributed by atoms with E-state index in [1.165, 1.54) is 6.07 Å². The molecule has 0 aliphatic carbocycles. The van der Waals surface area contributed by atoms with E-state index in [1.54, 1.807) is 0 Å². The topological polar surface area (TPSA) is 94.2 Å². The first-order valence-corrected chi connectivity index (χ1v) is 2.45. The van der Waals surface area contributed by atoms with Gasteiger partial charge in [0, 0.05) is 6.21 Å². The highest BCUT2D eigenvalue weighted by Gasteiger charge is 2.13. The second kappa shape index (κ2) is 4.47. The van der Waals surface area contributed by atoms with Gasteiger partial charge in [0.15, 0.2) is 0 Å². The Labute approximate surface area is 57.3 Å². The fourth-order valence-corrected chi connectivity index (χ4v) is 0.255. The zero-order valence-electron chi connectivity index (χ0n) is 5.07. The van der Waals surface area contributed by atoms with Crippen LogP contribution in [0.2, 0.25) is 0 Å². The highest BCUT2D eigenvalue weighted by molar-refractivity contribution is 5.78. The van der Waals surface area contributed by atoms with Crippen LogP contribution in [0.5, 0.6) is 0 Å². The second-order valence-corrected chi connectivity index (χ2v) is 1.37. The molecule has 0 saturated carbocycles. The molecule has 0 aromatic heterocycles. The number of esters is 1. The SMILES string of the molecule is N#CC(O)C(=O)OCC=N. The molecule has 0 aliphatic heterocycles. The van der Waals surface area contributed by atoms with Crippen molar-refractivity contribution in [3.63, 3.8) is 0 Å². The Morgan fingerprint density at radius 3 is 3.00 bits per heavy atom. The summed E-state index contributed by atoms with van der Waals surface area (Å²) >= 11 is 0. The van der Waals surface area contributed by atoms with Gasteiger partial charge in [-0.1, -0.05) is 0 Å². The Hall–Kier alpha value is -1.41. The molecule has 0 heterocycles. The maximum absolute atomic E-state index is 10.3. The van der Waals surface area contributed by atoms with Crippen LogP contribution in [0.1, 0.15) is 0 Å². The summed E-state index contributed by atoms with van der Waals surface area (Å²) < 4.78 is 4.19. The summed E-state index contributed by atoms with van der Waals surface area (Å²) in [5, 5.41) is 22.8. The number of nitrogens with one attached hydrogen (secondary N) is 1. The first-order chi connectivity index (χ1) is 4.72. The molecule has 0 aromatic rings. The van der Waals surface area contributed by atoms with E-state index in [2.05, 4.69) is 4.74 Å². The molecule has 10 heavy (non-hydrogen) atoms. The van der Waals surface area contributed by atoms with Gasteiger partial charge in [0.25, 0.3) is 0 Å². The van der Waals surface area contributed by atoms with Crippen LogP contribution in [0.15, 0.2) is 0 Å². The van der Waals surface area contributed by atoms with Gasteiger partial charge in [0.05, 0.1) is 0 Å². The molecule has 2 N–H and O–H groups in total. The molecule has 0 rings (SSSR count). The average Bonchev–Trinajstić information content (AvgIpc) is 1.98. The van der Waals surface area contributed by atoms with E-state index in [0.717, 1.165) is 6.21 Å². The van der Waals surface area contributed by atoms with E-state index in [4.69, 9.17) is 15.8 Å². The molecule has 1 atom stereocenters. The number of aliphatic hydroxyl groups excluding tert-OH is 1. The smallest absolute Gasteiger partial charge is 0.350 e. The summed E-state index contributed by atoms with van der Waals surface area (Å²) in [7, 11) is 0. The summed E-state index contributed by atoms with van der Waals surface area (Å²) in [6.07, 6.45) is -0.887. The second-order valence-electron chi connectivity index (χ2n) is 1.37. The maximum Gasteiger partial charge on any atom is 0.350 e. The minimum atomic E-state index is -1.74. The molecule has 5 nitrogen and oxygen atoms in total. The molecule has 0 fully saturated rings. The number of nitriles is 1. The van der Waals surface area contributed by atoms with E-state index in [9.17, 15) is 4.79 Å². The van der Waals surface area contributed by atoms with E-state index >= 15 is 0 Å². The largest absolute Gasteiger partial charge is 0.457 e. The molecule has 1 unspecified atom stereocenters. The van der Waals surface area contributed by atoms with Gasteiger partial charge >= 0.3 is 5.97 Å². The van der Waals surface area contributed by atoms with Crippen molar-refractivity contribution in [1.29, 1.82) is 10.7 Å². The van der Waals surface area contributed by atoms with Crippen LogP contribution in [0, 0.1) is 16.7 Å². The first kappa shape index (κ1) is 8.59. The highest BCUT2D eigenvalue weighted by atomic mass is 16.5. The summed E-state index contributed by atoms with van der Waals surface area (Å²) in [5.74, 6) is -1.02. The molecule has 54 valence electrons. The standard InChI is InChI=1S/C5H6N2O3/c6-1-2-10-5(9)4(8)3-7/h1,4,6,8H,2H2. The summed E-state index contributed by atoms with van der Waals surface area (Å²) in [6, 6.07) is 1.28. The van der Waals surface area contributed by atoms with Gasteiger partial charge in [-0.3, -0.25) is 0 Å². The van der Waals surface area contributed by atoms with Gasteiger partial charge in [-0.25, -0.2) is 4.79 Å². The lowest BCUT2D eigenvalue weighted by Crippen LogP contribution is -2.21. The predicted octanol–water partition coefficient (Wildman–Crippen LogP) is -0.936. The van der Waals surface area contributed by atoms with E-state index in [-0.39, 0.29) is 6.61 Å². The number of carbonyl (C=O) groups excluding carboxylic acids is 1. The average molecular weight is 142 g/mol. The van der Waals surface area contributed by atoms with Crippen LogP contribution < -0.4 is 0 Å². The van der Waals surface area contributed by atoms with Crippen LogP contribution in [-0.2, 0) is 9.53 Å². The third-order valence-corrected chi connectivity index (χ3v) is 0.654. The van der Waals surface area contributed by atoms with Crippen molar-refractivity contribution in [2.75, 3.05) is 6.61 Å². The number of hydrogen-bond acceptors (Lipinski definition) is 5. The monoisotopic (exact) mass is 142 g/mol. The van der Waals surface area contributed by atoms with Gasteiger partial charge in [0.1, 0.15) is 12.7 Å². The maximum atomic E-state index is 10.3. The number of carbonyl (C=O) groups is 1. The van der Waals surface area contributed by atoms with Gasteiger partial charge in [-0.15, -0.1) is 0 Å².